The lowest BCUT2D eigenvalue weighted by atomic mass is 10.1. The molecule has 2 rings (SSSR count). The second-order valence-electron chi connectivity index (χ2n) is 5.04. The summed E-state index contributed by atoms with van der Waals surface area (Å²) in [5.41, 5.74) is 0.928. The highest BCUT2D eigenvalue weighted by Crippen LogP contribution is 2.32. The molecular weight excluding hydrogens is 247 g/mol. The molecule has 5 heteroatoms. The molecular formula is C14H17FN2O2. The number of ketones is 1. The van der Waals surface area contributed by atoms with Crippen molar-refractivity contribution in [2.45, 2.75) is 26.8 Å². The summed E-state index contributed by atoms with van der Waals surface area (Å²) >= 11 is 0. The van der Waals surface area contributed by atoms with Gasteiger partial charge in [-0.05, 0) is 24.6 Å². The Balaban J connectivity index is 2.28. The molecule has 4 nitrogen and oxygen atoms in total. The van der Waals surface area contributed by atoms with Crippen molar-refractivity contribution in [3.8, 4) is 0 Å². The van der Waals surface area contributed by atoms with Gasteiger partial charge in [0.1, 0.15) is 5.82 Å². The summed E-state index contributed by atoms with van der Waals surface area (Å²) < 4.78 is 14.0. The number of aryl methyl sites for hydroxylation is 1. The summed E-state index contributed by atoms with van der Waals surface area (Å²) in [7, 11) is 0. The number of fused-ring (bicyclic) bond motifs is 1. The van der Waals surface area contributed by atoms with Gasteiger partial charge in [0.25, 0.3) is 11.7 Å². The fraction of sp³-hybridized carbons (Fsp3) is 0.429. The normalized spacial score (nSPS) is 14.5. The monoisotopic (exact) mass is 264 g/mol. The summed E-state index contributed by atoms with van der Waals surface area (Å²) in [6.07, 6.45) is 0. The van der Waals surface area contributed by atoms with Gasteiger partial charge in [-0.15, -0.1) is 0 Å². The molecule has 1 aliphatic heterocycles. The van der Waals surface area contributed by atoms with Gasteiger partial charge >= 0.3 is 0 Å². The molecule has 0 spiro atoms. The number of benzene rings is 1. The molecule has 19 heavy (non-hydrogen) atoms. The Morgan fingerprint density at radius 2 is 2.00 bits per heavy atom. The minimum Gasteiger partial charge on any atom is -0.313 e. The number of hydrogen-bond donors (Lipinski definition) is 1. The zero-order valence-corrected chi connectivity index (χ0v) is 11.3. The minimum absolute atomic E-state index is 0.117. The molecule has 0 bridgehead atoms. The molecule has 0 aliphatic carbocycles. The second-order valence-corrected chi connectivity index (χ2v) is 5.04. The quantitative estimate of drug-likeness (QED) is 0.841. The number of amides is 1. The number of hydrogen-bond acceptors (Lipinski definition) is 3. The highest BCUT2D eigenvalue weighted by atomic mass is 19.1. The Kier molecular flexibility index (Phi) is 3.66. The van der Waals surface area contributed by atoms with Gasteiger partial charge in [0.15, 0.2) is 0 Å². The van der Waals surface area contributed by atoms with Gasteiger partial charge < -0.3 is 10.2 Å². The van der Waals surface area contributed by atoms with Crippen molar-refractivity contribution in [2.24, 2.45) is 0 Å². The van der Waals surface area contributed by atoms with Crippen LogP contribution in [0.25, 0.3) is 0 Å². The van der Waals surface area contributed by atoms with Crippen LogP contribution in [-0.2, 0) is 4.79 Å². The molecule has 1 heterocycles. The number of carbonyl (C=O) groups is 2. The summed E-state index contributed by atoms with van der Waals surface area (Å²) in [6, 6.07) is 3.18. The highest BCUT2D eigenvalue weighted by Gasteiger charge is 2.37. The number of carbonyl (C=O) groups excluding carboxylic acids is 2. The van der Waals surface area contributed by atoms with Gasteiger partial charge in [-0.25, -0.2) is 4.39 Å². The molecule has 1 aromatic carbocycles. The maximum Gasteiger partial charge on any atom is 0.299 e. The van der Waals surface area contributed by atoms with E-state index >= 15 is 0 Å². The molecule has 1 aliphatic rings. The third-order valence-electron chi connectivity index (χ3n) is 3.05. The lowest BCUT2D eigenvalue weighted by Crippen LogP contribution is -2.38. The van der Waals surface area contributed by atoms with Gasteiger partial charge in [0.05, 0.1) is 11.3 Å². The largest absolute Gasteiger partial charge is 0.313 e. The van der Waals surface area contributed by atoms with Crippen LogP contribution in [0.4, 0.5) is 10.1 Å². The average molecular weight is 264 g/mol. The van der Waals surface area contributed by atoms with E-state index in [0.29, 0.717) is 12.1 Å². The molecule has 102 valence electrons. The summed E-state index contributed by atoms with van der Waals surface area (Å²) in [5, 5.41) is 3.14. The van der Waals surface area contributed by atoms with E-state index < -0.39 is 17.5 Å². The first-order valence-corrected chi connectivity index (χ1v) is 6.31. The van der Waals surface area contributed by atoms with Crippen LogP contribution in [0.1, 0.15) is 29.8 Å². The molecule has 0 saturated carbocycles. The van der Waals surface area contributed by atoms with Crippen LogP contribution in [0.3, 0.4) is 0 Å². The van der Waals surface area contributed by atoms with Crippen molar-refractivity contribution in [2.75, 3.05) is 18.0 Å². The average Bonchev–Trinajstić information content (AvgIpc) is 2.54. The molecule has 1 N–H and O–H groups in total. The summed E-state index contributed by atoms with van der Waals surface area (Å²) in [5.74, 6) is -1.79. The lowest BCUT2D eigenvalue weighted by molar-refractivity contribution is -0.114. The van der Waals surface area contributed by atoms with Gasteiger partial charge in [0, 0.05) is 19.1 Å². The lowest BCUT2D eigenvalue weighted by Gasteiger charge is -2.18. The van der Waals surface area contributed by atoms with E-state index in [-0.39, 0.29) is 23.8 Å². The number of nitrogens with one attached hydrogen (secondary N) is 1. The first-order chi connectivity index (χ1) is 8.91. The van der Waals surface area contributed by atoms with E-state index in [9.17, 15) is 14.0 Å². The van der Waals surface area contributed by atoms with E-state index in [1.54, 1.807) is 13.0 Å². The van der Waals surface area contributed by atoms with Crippen LogP contribution in [-0.4, -0.2) is 30.8 Å². The van der Waals surface area contributed by atoms with Crippen molar-refractivity contribution in [1.82, 2.24) is 5.32 Å². The summed E-state index contributed by atoms with van der Waals surface area (Å²) in [6.45, 7) is 6.47. The van der Waals surface area contributed by atoms with E-state index in [4.69, 9.17) is 0 Å². The zero-order valence-electron chi connectivity index (χ0n) is 11.3. The molecule has 0 aromatic heterocycles. The Morgan fingerprint density at radius 1 is 1.32 bits per heavy atom. The molecule has 0 fully saturated rings. The predicted octanol–water partition coefficient (Wildman–Crippen LogP) is 1.66. The minimum atomic E-state index is -0.648. The Labute approximate surface area is 111 Å². The Hall–Kier alpha value is -1.75. The van der Waals surface area contributed by atoms with Crippen molar-refractivity contribution in [3.05, 3.63) is 29.1 Å². The first kappa shape index (κ1) is 13.7. The fourth-order valence-electron chi connectivity index (χ4n) is 2.20. The van der Waals surface area contributed by atoms with Crippen LogP contribution in [0.2, 0.25) is 0 Å². The number of anilines is 1. The van der Waals surface area contributed by atoms with Gasteiger partial charge in [-0.3, -0.25) is 9.59 Å². The van der Waals surface area contributed by atoms with Crippen molar-refractivity contribution >= 4 is 17.4 Å². The van der Waals surface area contributed by atoms with Crippen LogP contribution in [0.5, 0.6) is 0 Å². The first-order valence-electron chi connectivity index (χ1n) is 6.31. The third-order valence-corrected chi connectivity index (χ3v) is 3.05. The number of rotatable bonds is 4. The van der Waals surface area contributed by atoms with Crippen molar-refractivity contribution < 1.29 is 14.0 Å². The van der Waals surface area contributed by atoms with E-state index in [0.717, 1.165) is 0 Å². The van der Waals surface area contributed by atoms with Crippen molar-refractivity contribution in [1.29, 1.82) is 0 Å². The van der Waals surface area contributed by atoms with Gasteiger partial charge in [-0.2, -0.15) is 0 Å². The zero-order chi connectivity index (χ0) is 14.2. The standard InChI is InChI=1S/C14H17FN2O2/c1-8(2)16-4-5-17-12-10(13(18)14(17)19)6-9(3)7-11(12)15/h6-8,16H,4-5H2,1-3H3. The SMILES string of the molecule is Cc1cc(F)c2c(c1)C(=O)C(=O)N2CCNC(C)C. The number of nitrogens with zero attached hydrogens (tertiary/aromatic N) is 1. The smallest absolute Gasteiger partial charge is 0.299 e. The summed E-state index contributed by atoms with van der Waals surface area (Å²) in [4.78, 5) is 24.9. The number of Topliss-reactive ketones (excluding diaryl/α,β-unsaturated/α-hetero) is 1. The Bertz CT molecular complexity index is 540. The van der Waals surface area contributed by atoms with Gasteiger partial charge in [0.2, 0.25) is 0 Å². The van der Waals surface area contributed by atoms with Crippen LogP contribution in [0.15, 0.2) is 12.1 Å². The topological polar surface area (TPSA) is 49.4 Å². The van der Waals surface area contributed by atoms with Crippen LogP contribution >= 0.6 is 0 Å². The molecule has 1 aromatic rings. The Morgan fingerprint density at radius 3 is 2.63 bits per heavy atom. The maximum absolute atomic E-state index is 14.0. The van der Waals surface area contributed by atoms with Gasteiger partial charge in [-0.1, -0.05) is 13.8 Å². The molecule has 0 saturated heterocycles. The van der Waals surface area contributed by atoms with Crippen molar-refractivity contribution in [3.63, 3.8) is 0 Å². The second kappa shape index (κ2) is 5.09. The predicted molar refractivity (Wildman–Crippen MR) is 71.0 cm³/mol. The van der Waals surface area contributed by atoms with Crippen LogP contribution < -0.4 is 10.2 Å². The van der Waals surface area contributed by atoms with Crippen LogP contribution in [0, 0.1) is 12.7 Å². The molecule has 0 atom stereocenters. The molecule has 0 unspecified atom stereocenters. The van der Waals surface area contributed by atoms with E-state index in [1.165, 1.54) is 11.0 Å². The highest BCUT2D eigenvalue weighted by molar-refractivity contribution is 6.52. The molecule has 1 amide bonds. The third kappa shape index (κ3) is 2.51. The fourth-order valence-corrected chi connectivity index (χ4v) is 2.20. The molecule has 0 radical (unpaired) electrons. The number of halogens is 1. The van der Waals surface area contributed by atoms with E-state index in [2.05, 4.69) is 5.32 Å². The van der Waals surface area contributed by atoms with E-state index in [1.807, 2.05) is 13.8 Å². The maximum atomic E-state index is 14.0.